The van der Waals surface area contributed by atoms with Crippen LogP contribution in [-0.4, -0.2) is 11.6 Å². The number of nitrogens with zero attached hydrogens (tertiary/aromatic N) is 1. The van der Waals surface area contributed by atoms with E-state index in [9.17, 15) is 0 Å². The Balaban J connectivity index is 2.51. The Labute approximate surface area is 83.4 Å². The van der Waals surface area contributed by atoms with E-state index >= 15 is 0 Å². The molecule has 0 amide bonds. The van der Waals surface area contributed by atoms with Gasteiger partial charge < -0.3 is 5.73 Å². The van der Waals surface area contributed by atoms with E-state index in [-0.39, 0.29) is 0 Å². The molecule has 2 nitrogen and oxygen atoms in total. The highest BCUT2D eigenvalue weighted by Crippen LogP contribution is 2.34. The van der Waals surface area contributed by atoms with Crippen LogP contribution < -0.4 is 5.73 Å². The molecule has 0 fully saturated rings. The summed E-state index contributed by atoms with van der Waals surface area (Å²) in [4.78, 5) is 5.43. The Morgan fingerprint density at radius 3 is 3.17 bits per heavy atom. The maximum Gasteiger partial charge on any atom is 0.110 e. The molecule has 0 bridgehead atoms. The fourth-order valence-electron chi connectivity index (χ4n) is 1.03. The third kappa shape index (κ3) is 1.49. The van der Waals surface area contributed by atoms with Crippen molar-refractivity contribution in [2.24, 2.45) is 10.7 Å². The topological polar surface area (TPSA) is 38.4 Å². The van der Waals surface area contributed by atoms with Crippen molar-refractivity contribution < 1.29 is 0 Å². The van der Waals surface area contributed by atoms with E-state index in [1.165, 1.54) is 4.90 Å². The second-order valence-electron chi connectivity index (χ2n) is 2.50. The molecule has 0 aromatic heterocycles. The second-order valence-corrected chi connectivity index (χ2v) is 4.44. The molecule has 1 heterocycles. The fourth-order valence-corrected chi connectivity index (χ4v) is 2.39. The molecular formula is C8H7BrN2S. The summed E-state index contributed by atoms with van der Waals surface area (Å²) in [6, 6.07) is 6.01. The van der Waals surface area contributed by atoms with Crippen LogP contribution in [0.2, 0.25) is 0 Å². The van der Waals surface area contributed by atoms with Crippen molar-refractivity contribution in [3.63, 3.8) is 0 Å². The Morgan fingerprint density at radius 2 is 2.33 bits per heavy atom. The lowest BCUT2D eigenvalue weighted by Gasteiger charge is -2.11. The zero-order chi connectivity index (χ0) is 8.55. The first-order chi connectivity index (χ1) is 5.75. The van der Waals surface area contributed by atoms with Gasteiger partial charge in [0.05, 0.1) is 11.4 Å². The lowest BCUT2D eigenvalue weighted by molar-refractivity contribution is 1.32. The standard InChI is InChI=1S/C8H7BrN2S/c9-5-1-2-6-7(3-5)12-4-8(10)11-6/h1-3H,4H2,(H2,10,11). The van der Waals surface area contributed by atoms with Gasteiger partial charge in [0.25, 0.3) is 0 Å². The number of fused-ring (bicyclic) bond motifs is 1. The highest BCUT2D eigenvalue weighted by molar-refractivity contribution is 9.10. The van der Waals surface area contributed by atoms with E-state index in [4.69, 9.17) is 5.73 Å². The van der Waals surface area contributed by atoms with Gasteiger partial charge in [0.15, 0.2) is 0 Å². The van der Waals surface area contributed by atoms with Crippen molar-refractivity contribution in [2.45, 2.75) is 4.90 Å². The number of hydrogen-bond donors (Lipinski definition) is 1. The number of rotatable bonds is 0. The maximum atomic E-state index is 5.61. The van der Waals surface area contributed by atoms with Gasteiger partial charge in [0, 0.05) is 9.37 Å². The van der Waals surface area contributed by atoms with Crippen LogP contribution in [0.4, 0.5) is 5.69 Å². The molecule has 0 atom stereocenters. The Morgan fingerprint density at radius 1 is 1.50 bits per heavy atom. The van der Waals surface area contributed by atoms with E-state index < -0.39 is 0 Å². The number of benzene rings is 1. The average molecular weight is 243 g/mol. The van der Waals surface area contributed by atoms with Gasteiger partial charge >= 0.3 is 0 Å². The van der Waals surface area contributed by atoms with Crippen LogP contribution in [-0.2, 0) is 0 Å². The quantitative estimate of drug-likeness (QED) is 0.760. The zero-order valence-corrected chi connectivity index (χ0v) is 8.65. The van der Waals surface area contributed by atoms with Gasteiger partial charge in [-0.05, 0) is 18.2 Å². The Hall–Kier alpha value is -0.480. The van der Waals surface area contributed by atoms with Crippen molar-refractivity contribution in [2.75, 3.05) is 5.75 Å². The van der Waals surface area contributed by atoms with Gasteiger partial charge in [0.1, 0.15) is 5.84 Å². The van der Waals surface area contributed by atoms with E-state index in [0.29, 0.717) is 5.84 Å². The first-order valence-electron chi connectivity index (χ1n) is 3.51. The van der Waals surface area contributed by atoms with Crippen LogP contribution in [0.1, 0.15) is 0 Å². The largest absolute Gasteiger partial charge is 0.386 e. The number of thioether (sulfide) groups is 1. The summed E-state index contributed by atoms with van der Waals surface area (Å²) >= 11 is 5.14. The lowest BCUT2D eigenvalue weighted by atomic mass is 10.3. The van der Waals surface area contributed by atoms with Gasteiger partial charge in [0.2, 0.25) is 0 Å². The van der Waals surface area contributed by atoms with Crippen molar-refractivity contribution in [3.05, 3.63) is 22.7 Å². The summed E-state index contributed by atoms with van der Waals surface area (Å²) in [6.45, 7) is 0. The molecule has 0 saturated heterocycles. The van der Waals surface area contributed by atoms with Crippen molar-refractivity contribution in [1.29, 1.82) is 0 Å². The first-order valence-corrected chi connectivity index (χ1v) is 5.29. The minimum atomic E-state index is 0.704. The van der Waals surface area contributed by atoms with Crippen molar-refractivity contribution in [1.82, 2.24) is 0 Å². The molecule has 2 rings (SSSR count). The number of aliphatic imine (C=N–C) groups is 1. The molecule has 4 heteroatoms. The van der Waals surface area contributed by atoms with Crippen LogP contribution in [0, 0.1) is 0 Å². The first kappa shape index (κ1) is 8.13. The van der Waals surface area contributed by atoms with Gasteiger partial charge in [-0.25, -0.2) is 4.99 Å². The molecule has 1 aromatic rings. The summed E-state index contributed by atoms with van der Waals surface area (Å²) in [6.07, 6.45) is 0. The molecule has 62 valence electrons. The molecule has 0 saturated carbocycles. The summed E-state index contributed by atoms with van der Waals surface area (Å²) < 4.78 is 1.09. The van der Waals surface area contributed by atoms with Crippen LogP contribution in [0.25, 0.3) is 0 Å². The SMILES string of the molecule is NC1=Nc2ccc(Br)cc2SC1. The third-order valence-corrected chi connectivity index (χ3v) is 3.13. The maximum absolute atomic E-state index is 5.61. The van der Waals surface area contributed by atoms with Crippen LogP contribution >= 0.6 is 27.7 Å². The summed E-state index contributed by atoms with van der Waals surface area (Å²) in [5, 5.41) is 0. The lowest BCUT2D eigenvalue weighted by Crippen LogP contribution is -2.16. The van der Waals surface area contributed by atoms with E-state index in [0.717, 1.165) is 15.9 Å². The van der Waals surface area contributed by atoms with Crippen LogP contribution in [0.15, 0.2) is 32.6 Å². The fraction of sp³-hybridized carbons (Fsp3) is 0.125. The predicted octanol–water partition coefficient (Wildman–Crippen LogP) is 2.54. The van der Waals surface area contributed by atoms with Gasteiger partial charge in [-0.15, -0.1) is 11.8 Å². The van der Waals surface area contributed by atoms with E-state index in [1.54, 1.807) is 11.8 Å². The highest BCUT2D eigenvalue weighted by Gasteiger charge is 2.09. The van der Waals surface area contributed by atoms with Gasteiger partial charge in [-0.3, -0.25) is 0 Å². The van der Waals surface area contributed by atoms with Gasteiger partial charge in [-0.1, -0.05) is 15.9 Å². The number of nitrogens with two attached hydrogens (primary N) is 1. The number of hydrogen-bond acceptors (Lipinski definition) is 3. The molecule has 1 aromatic carbocycles. The molecule has 0 aliphatic carbocycles. The van der Waals surface area contributed by atoms with Crippen molar-refractivity contribution >= 4 is 39.2 Å². The monoisotopic (exact) mass is 242 g/mol. The molecule has 0 spiro atoms. The van der Waals surface area contributed by atoms with Gasteiger partial charge in [-0.2, -0.15) is 0 Å². The molecule has 1 aliphatic heterocycles. The molecular weight excluding hydrogens is 236 g/mol. The number of amidine groups is 1. The Bertz CT molecular complexity index is 349. The molecule has 2 N–H and O–H groups in total. The summed E-state index contributed by atoms with van der Waals surface area (Å²) in [7, 11) is 0. The van der Waals surface area contributed by atoms with Crippen LogP contribution in [0.5, 0.6) is 0 Å². The molecule has 1 aliphatic rings. The average Bonchev–Trinajstić information content (AvgIpc) is 2.05. The predicted molar refractivity (Wildman–Crippen MR) is 56.1 cm³/mol. The molecule has 12 heavy (non-hydrogen) atoms. The molecule has 0 radical (unpaired) electrons. The van der Waals surface area contributed by atoms with Crippen molar-refractivity contribution in [3.8, 4) is 0 Å². The Kier molecular flexibility index (Phi) is 2.11. The highest BCUT2D eigenvalue weighted by atomic mass is 79.9. The minimum Gasteiger partial charge on any atom is -0.386 e. The third-order valence-electron chi connectivity index (χ3n) is 1.56. The van der Waals surface area contributed by atoms with Crippen LogP contribution in [0.3, 0.4) is 0 Å². The normalized spacial score (nSPS) is 15.2. The second kappa shape index (κ2) is 3.11. The molecule has 0 unspecified atom stereocenters. The van der Waals surface area contributed by atoms with E-state index in [2.05, 4.69) is 27.0 Å². The smallest absolute Gasteiger partial charge is 0.110 e. The minimum absolute atomic E-state index is 0.704. The summed E-state index contributed by atoms with van der Waals surface area (Å²) in [5.74, 6) is 1.50. The zero-order valence-electron chi connectivity index (χ0n) is 6.25. The summed E-state index contributed by atoms with van der Waals surface area (Å²) in [5.41, 5.74) is 6.58. The van der Waals surface area contributed by atoms with E-state index in [1.807, 2.05) is 12.1 Å². The number of halogens is 1.